The minimum Gasteiger partial charge on any atom is -0.316 e. The second-order valence-electron chi connectivity index (χ2n) is 2.83. The smallest absolute Gasteiger partial charge is 0.0407 e. The summed E-state index contributed by atoms with van der Waals surface area (Å²) in [4.78, 5) is 0. The Kier molecular flexibility index (Phi) is 4.58. The first-order chi connectivity index (χ1) is 6.36. The summed E-state index contributed by atoms with van der Waals surface area (Å²) in [5.41, 5.74) is 2.49. The fourth-order valence-electron chi connectivity index (χ4n) is 1.19. The lowest BCUT2D eigenvalue weighted by Crippen LogP contribution is -2.04. The van der Waals surface area contributed by atoms with Gasteiger partial charge in [-0.3, -0.25) is 0 Å². The highest BCUT2D eigenvalue weighted by Crippen LogP contribution is 2.06. The predicted octanol–water partition coefficient (Wildman–Crippen LogP) is 2.66. The molecule has 1 N–H and O–H groups in total. The average Bonchev–Trinajstić information content (AvgIpc) is 2.16. The van der Waals surface area contributed by atoms with Crippen molar-refractivity contribution in [1.29, 1.82) is 0 Å². The largest absolute Gasteiger partial charge is 0.316 e. The highest BCUT2D eigenvalue weighted by atomic mass is 35.5. The standard InChI is InChI=1S/C11H14ClN/c1-13-9-11-5-2-4-10(8-11)6-3-7-12/h2-6,8,13H,7,9H2,1H3. The molecular weight excluding hydrogens is 182 g/mol. The molecule has 0 amide bonds. The van der Waals surface area contributed by atoms with E-state index in [0.29, 0.717) is 5.88 Å². The first-order valence-corrected chi connectivity index (χ1v) is 4.86. The Morgan fingerprint density at radius 1 is 1.46 bits per heavy atom. The molecule has 0 bridgehead atoms. The number of allylic oxidation sites excluding steroid dienone is 1. The van der Waals surface area contributed by atoms with Crippen LogP contribution in [0.4, 0.5) is 0 Å². The monoisotopic (exact) mass is 195 g/mol. The molecule has 13 heavy (non-hydrogen) atoms. The number of halogens is 1. The van der Waals surface area contributed by atoms with Crippen LogP contribution in [0.25, 0.3) is 6.08 Å². The first kappa shape index (κ1) is 10.3. The summed E-state index contributed by atoms with van der Waals surface area (Å²) < 4.78 is 0. The van der Waals surface area contributed by atoms with Gasteiger partial charge in [0.05, 0.1) is 0 Å². The molecule has 0 aromatic heterocycles. The number of rotatable bonds is 4. The van der Waals surface area contributed by atoms with Gasteiger partial charge in [-0.1, -0.05) is 36.4 Å². The fourth-order valence-corrected chi connectivity index (χ4v) is 1.28. The molecule has 1 rings (SSSR count). The van der Waals surface area contributed by atoms with Crippen molar-refractivity contribution in [3.05, 3.63) is 41.5 Å². The number of hydrogen-bond donors (Lipinski definition) is 1. The molecule has 0 unspecified atom stereocenters. The maximum absolute atomic E-state index is 5.55. The molecule has 1 nitrogen and oxygen atoms in total. The van der Waals surface area contributed by atoms with E-state index in [0.717, 1.165) is 6.54 Å². The molecular formula is C11H14ClN. The molecule has 0 atom stereocenters. The third kappa shape index (κ3) is 3.62. The molecule has 0 saturated heterocycles. The Labute approximate surface area is 84.4 Å². The highest BCUT2D eigenvalue weighted by Gasteiger charge is 1.90. The van der Waals surface area contributed by atoms with Gasteiger partial charge in [0.15, 0.2) is 0 Å². The van der Waals surface area contributed by atoms with Gasteiger partial charge >= 0.3 is 0 Å². The Morgan fingerprint density at radius 2 is 2.31 bits per heavy atom. The quantitative estimate of drug-likeness (QED) is 0.729. The lowest BCUT2D eigenvalue weighted by Gasteiger charge is -2.00. The lowest BCUT2D eigenvalue weighted by molar-refractivity contribution is 0.818. The second-order valence-corrected chi connectivity index (χ2v) is 3.14. The number of hydrogen-bond acceptors (Lipinski definition) is 1. The van der Waals surface area contributed by atoms with Crippen LogP contribution in [0.15, 0.2) is 30.3 Å². The lowest BCUT2D eigenvalue weighted by atomic mass is 10.1. The van der Waals surface area contributed by atoms with Gasteiger partial charge in [0, 0.05) is 12.4 Å². The first-order valence-electron chi connectivity index (χ1n) is 4.33. The van der Waals surface area contributed by atoms with Crippen LogP contribution < -0.4 is 5.32 Å². The highest BCUT2D eigenvalue weighted by molar-refractivity contribution is 6.19. The predicted molar refractivity (Wildman–Crippen MR) is 59.0 cm³/mol. The van der Waals surface area contributed by atoms with Crippen molar-refractivity contribution in [3.63, 3.8) is 0 Å². The van der Waals surface area contributed by atoms with Crippen LogP contribution in [0.5, 0.6) is 0 Å². The van der Waals surface area contributed by atoms with E-state index < -0.39 is 0 Å². The summed E-state index contributed by atoms with van der Waals surface area (Å²) in [7, 11) is 1.95. The summed E-state index contributed by atoms with van der Waals surface area (Å²) in [6.45, 7) is 0.905. The number of alkyl halides is 1. The minimum absolute atomic E-state index is 0.566. The van der Waals surface area contributed by atoms with E-state index in [9.17, 15) is 0 Å². The summed E-state index contributed by atoms with van der Waals surface area (Å²) in [5.74, 6) is 0.566. The average molecular weight is 196 g/mol. The zero-order chi connectivity index (χ0) is 9.52. The molecule has 2 heteroatoms. The van der Waals surface area contributed by atoms with Crippen LogP contribution in [0.3, 0.4) is 0 Å². The van der Waals surface area contributed by atoms with Crippen LogP contribution in [0.2, 0.25) is 0 Å². The van der Waals surface area contributed by atoms with Gasteiger partial charge < -0.3 is 5.32 Å². The van der Waals surface area contributed by atoms with E-state index >= 15 is 0 Å². The number of nitrogens with one attached hydrogen (secondary N) is 1. The van der Waals surface area contributed by atoms with E-state index in [2.05, 4.69) is 29.6 Å². The Bertz CT molecular complexity index is 281. The van der Waals surface area contributed by atoms with E-state index in [1.165, 1.54) is 11.1 Å². The zero-order valence-corrected chi connectivity index (χ0v) is 8.51. The molecule has 0 aliphatic heterocycles. The molecule has 0 heterocycles. The molecule has 0 aliphatic carbocycles. The zero-order valence-electron chi connectivity index (χ0n) is 7.76. The summed E-state index contributed by atoms with van der Waals surface area (Å²) in [6, 6.07) is 8.39. The Balaban J connectivity index is 2.73. The summed E-state index contributed by atoms with van der Waals surface area (Å²) in [5, 5.41) is 3.12. The van der Waals surface area contributed by atoms with Crippen molar-refractivity contribution in [1.82, 2.24) is 5.32 Å². The van der Waals surface area contributed by atoms with E-state index in [1.807, 2.05) is 19.2 Å². The molecule has 1 aromatic rings. The topological polar surface area (TPSA) is 12.0 Å². The maximum Gasteiger partial charge on any atom is 0.0407 e. The second kappa shape index (κ2) is 5.79. The van der Waals surface area contributed by atoms with Gasteiger partial charge in [0.2, 0.25) is 0 Å². The molecule has 0 radical (unpaired) electrons. The van der Waals surface area contributed by atoms with Gasteiger partial charge in [-0.15, -0.1) is 11.6 Å². The van der Waals surface area contributed by atoms with Crippen molar-refractivity contribution < 1.29 is 0 Å². The van der Waals surface area contributed by atoms with Gasteiger partial charge in [0.1, 0.15) is 0 Å². The van der Waals surface area contributed by atoms with Crippen LogP contribution in [0, 0.1) is 0 Å². The number of benzene rings is 1. The minimum atomic E-state index is 0.566. The third-order valence-corrected chi connectivity index (χ3v) is 1.91. The van der Waals surface area contributed by atoms with E-state index in [1.54, 1.807) is 0 Å². The summed E-state index contributed by atoms with van der Waals surface area (Å²) in [6.07, 6.45) is 3.98. The molecule has 0 aliphatic rings. The summed E-state index contributed by atoms with van der Waals surface area (Å²) >= 11 is 5.55. The van der Waals surface area contributed by atoms with Gasteiger partial charge in [-0.2, -0.15) is 0 Å². The Morgan fingerprint density at radius 3 is 3.00 bits per heavy atom. The molecule has 0 saturated carbocycles. The van der Waals surface area contributed by atoms with Crippen molar-refractivity contribution >= 4 is 17.7 Å². The third-order valence-electron chi connectivity index (χ3n) is 1.73. The van der Waals surface area contributed by atoms with Crippen LogP contribution >= 0.6 is 11.6 Å². The molecule has 1 aromatic carbocycles. The van der Waals surface area contributed by atoms with Gasteiger partial charge in [-0.25, -0.2) is 0 Å². The van der Waals surface area contributed by atoms with Crippen LogP contribution in [0.1, 0.15) is 11.1 Å². The van der Waals surface area contributed by atoms with E-state index in [-0.39, 0.29) is 0 Å². The van der Waals surface area contributed by atoms with Crippen LogP contribution in [-0.2, 0) is 6.54 Å². The van der Waals surface area contributed by atoms with Crippen molar-refractivity contribution in [2.24, 2.45) is 0 Å². The SMILES string of the molecule is CNCc1cccc(C=CCCl)c1. The Hall–Kier alpha value is -0.790. The molecule has 0 fully saturated rings. The van der Waals surface area contributed by atoms with Crippen LogP contribution in [-0.4, -0.2) is 12.9 Å². The van der Waals surface area contributed by atoms with Crippen molar-refractivity contribution in [2.45, 2.75) is 6.54 Å². The molecule has 0 spiro atoms. The van der Waals surface area contributed by atoms with E-state index in [4.69, 9.17) is 11.6 Å². The fraction of sp³-hybridized carbons (Fsp3) is 0.273. The normalized spacial score (nSPS) is 10.9. The van der Waals surface area contributed by atoms with Crippen molar-refractivity contribution in [2.75, 3.05) is 12.9 Å². The maximum atomic E-state index is 5.55. The van der Waals surface area contributed by atoms with Crippen molar-refractivity contribution in [3.8, 4) is 0 Å². The van der Waals surface area contributed by atoms with Gasteiger partial charge in [0.25, 0.3) is 0 Å². The van der Waals surface area contributed by atoms with Gasteiger partial charge in [-0.05, 0) is 18.2 Å². The molecule has 70 valence electrons.